The summed E-state index contributed by atoms with van der Waals surface area (Å²) in [5, 5.41) is 5.10. The summed E-state index contributed by atoms with van der Waals surface area (Å²) in [5.74, 6) is 0. The Bertz CT molecular complexity index is 3660. The van der Waals surface area contributed by atoms with Gasteiger partial charge in [0.05, 0.1) is 5.69 Å². The van der Waals surface area contributed by atoms with Crippen molar-refractivity contribution in [1.29, 1.82) is 0 Å². The zero-order valence-electron chi connectivity index (χ0n) is 36.2. The molecule has 0 spiro atoms. The summed E-state index contributed by atoms with van der Waals surface area (Å²) in [7, 11) is 0. The van der Waals surface area contributed by atoms with E-state index >= 15 is 0 Å². The van der Waals surface area contributed by atoms with Crippen LogP contribution in [0.25, 0.3) is 97.7 Å². The van der Waals surface area contributed by atoms with Crippen molar-refractivity contribution < 1.29 is 0 Å². The Morgan fingerprint density at radius 3 is 1.30 bits per heavy atom. The van der Waals surface area contributed by atoms with Crippen molar-refractivity contribution in [2.24, 2.45) is 0 Å². The lowest BCUT2D eigenvalue weighted by Gasteiger charge is -2.28. The number of hydrogen-bond donors (Lipinski definition) is 0. The molecule has 0 aliphatic heterocycles. The molecule has 0 saturated heterocycles. The van der Waals surface area contributed by atoms with Gasteiger partial charge in [0.15, 0.2) is 0 Å². The quantitative estimate of drug-likeness (QED) is 0.140. The molecule has 0 fully saturated rings. The Hall–Kier alpha value is -8.30. The largest absolute Gasteiger partial charge is 0.310 e. The Morgan fingerprint density at radius 2 is 0.667 bits per heavy atom. The highest BCUT2D eigenvalue weighted by Crippen LogP contribution is 2.46. The predicted octanol–water partition coefficient (Wildman–Crippen LogP) is 18.7. The maximum atomic E-state index is 2.40. The first-order valence-corrected chi connectivity index (χ1v) is 23.4. The first-order chi connectivity index (χ1) is 32.7. The van der Waals surface area contributed by atoms with Crippen molar-refractivity contribution in [3.63, 3.8) is 0 Å². The molecule has 0 radical (unpaired) electrons. The van der Waals surface area contributed by atoms with E-state index in [4.69, 9.17) is 0 Å². The van der Waals surface area contributed by atoms with E-state index in [1.54, 1.807) is 0 Å². The van der Waals surface area contributed by atoms with Crippen LogP contribution in [0.1, 0.15) is 0 Å². The summed E-state index contributed by atoms with van der Waals surface area (Å²) < 4.78 is 2.64. The third kappa shape index (κ3) is 7.15. The highest BCUT2D eigenvalue weighted by Gasteiger charge is 2.20. The van der Waals surface area contributed by atoms with Gasteiger partial charge in [0.1, 0.15) is 0 Å². The fourth-order valence-corrected chi connectivity index (χ4v) is 11.1. The van der Waals surface area contributed by atoms with E-state index in [1.165, 1.54) is 97.7 Å². The fraction of sp³-hybridized carbons (Fsp3) is 0. The number of rotatable bonds is 9. The maximum absolute atomic E-state index is 2.40. The van der Waals surface area contributed by atoms with E-state index in [-0.39, 0.29) is 0 Å². The Morgan fingerprint density at radius 1 is 0.242 bits per heavy atom. The summed E-state index contributed by atoms with van der Waals surface area (Å²) in [4.78, 5) is 2.40. The molecular weight excluding hydrogens is 815 g/mol. The summed E-state index contributed by atoms with van der Waals surface area (Å²) in [6.45, 7) is 0. The molecule has 2 heteroatoms. The molecule has 66 heavy (non-hydrogen) atoms. The molecule has 1 heterocycles. The first kappa shape index (κ1) is 39.3. The SMILES string of the molecule is c1ccc(-c2cc(-c3ccc(N(c4ccc(-c5cccc6c5sc5c(-c7ccccc7)cccc56)cc4)c4ccccc4-c4ccccc4)cc3)ccc2-c2cccc3ccccc23)cc1. The van der Waals surface area contributed by atoms with E-state index in [1.807, 2.05) is 11.3 Å². The molecule has 0 aliphatic carbocycles. The zero-order valence-corrected chi connectivity index (χ0v) is 37.0. The lowest BCUT2D eigenvalue weighted by molar-refractivity contribution is 1.28. The number of hydrogen-bond acceptors (Lipinski definition) is 2. The molecule has 310 valence electrons. The molecule has 0 N–H and O–H groups in total. The Balaban J connectivity index is 0.951. The van der Waals surface area contributed by atoms with Gasteiger partial charge in [0, 0.05) is 37.1 Å². The fourth-order valence-electron chi connectivity index (χ4n) is 9.72. The molecule has 11 aromatic carbocycles. The highest BCUT2D eigenvalue weighted by molar-refractivity contribution is 7.26. The molecular formula is C64H43NS. The van der Waals surface area contributed by atoms with Gasteiger partial charge in [-0.1, -0.05) is 224 Å². The first-order valence-electron chi connectivity index (χ1n) is 22.6. The average molecular weight is 858 g/mol. The number of fused-ring (bicyclic) bond motifs is 4. The molecule has 1 nitrogen and oxygen atoms in total. The van der Waals surface area contributed by atoms with Crippen LogP contribution in [0.15, 0.2) is 261 Å². The molecule has 0 atom stereocenters. The van der Waals surface area contributed by atoms with Crippen LogP contribution in [0, 0.1) is 0 Å². The standard InChI is InChI=1S/C64H43NS/c1-4-17-46(18-5-1)54-26-12-13-32-62(54)65(52-40-35-49(36-41-52)56-28-16-31-60-59-30-15-27-55(63(59)66-64(56)60)47-19-6-2-7-20-47)51-38-33-44(34-39-51)50-37-42-58(61(43-50)48-21-8-3-9-22-48)57-29-14-24-45-23-10-11-25-53(45)57/h1-43H. The van der Waals surface area contributed by atoms with Crippen LogP contribution in [0.4, 0.5) is 17.1 Å². The average Bonchev–Trinajstić information content (AvgIpc) is 3.79. The van der Waals surface area contributed by atoms with Gasteiger partial charge < -0.3 is 4.90 Å². The summed E-state index contributed by atoms with van der Waals surface area (Å²) in [6, 6.07) is 94.9. The molecule has 0 unspecified atom stereocenters. The van der Waals surface area contributed by atoms with Crippen LogP contribution >= 0.6 is 11.3 Å². The van der Waals surface area contributed by atoms with Crippen LogP contribution < -0.4 is 4.90 Å². The Labute approximate surface area is 389 Å². The number of para-hydroxylation sites is 1. The molecule has 0 aliphatic rings. The number of anilines is 3. The van der Waals surface area contributed by atoms with Gasteiger partial charge >= 0.3 is 0 Å². The van der Waals surface area contributed by atoms with Gasteiger partial charge in [-0.3, -0.25) is 0 Å². The second kappa shape index (κ2) is 17.0. The molecule has 12 rings (SSSR count). The van der Waals surface area contributed by atoms with E-state index in [2.05, 4.69) is 266 Å². The molecule has 12 aromatic rings. The van der Waals surface area contributed by atoms with Crippen LogP contribution in [0.2, 0.25) is 0 Å². The Kier molecular flexibility index (Phi) is 10.1. The van der Waals surface area contributed by atoms with Crippen molar-refractivity contribution >= 4 is 59.3 Å². The van der Waals surface area contributed by atoms with Gasteiger partial charge in [-0.25, -0.2) is 0 Å². The lowest BCUT2D eigenvalue weighted by Crippen LogP contribution is -2.11. The smallest absolute Gasteiger partial charge is 0.0540 e. The summed E-state index contributed by atoms with van der Waals surface area (Å²) >= 11 is 1.90. The van der Waals surface area contributed by atoms with Gasteiger partial charge in [-0.2, -0.15) is 0 Å². The van der Waals surface area contributed by atoms with Crippen molar-refractivity contribution in [1.82, 2.24) is 0 Å². The van der Waals surface area contributed by atoms with E-state index < -0.39 is 0 Å². The minimum atomic E-state index is 1.09. The second-order valence-electron chi connectivity index (χ2n) is 16.8. The minimum Gasteiger partial charge on any atom is -0.310 e. The van der Waals surface area contributed by atoms with Gasteiger partial charge in [-0.15, -0.1) is 11.3 Å². The molecule has 0 bridgehead atoms. The third-order valence-corrected chi connectivity index (χ3v) is 14.2. The van der Waals surface area contributed by atoms with Crippen molar-refractivity contribution in [3.05, 3.63) is 261 Å². The van der Waals surface area contributed by atoms with Gasteiger partial charge in [-0.05, 0) is 108 Å². The van der Waals surface area contributed by atoms with E-state index in [9.17, 15) is 0 Å². The van der Waals surface area contributed by atoms with Crippen molar-refractivity contribution in [2.75, 3.05) is 4.90 Å². The maximum Gasteiger partial charge on any atom is 0.0540 e. The van der Waals surface area contributed by atoms with Crippen molar-refractivity contribution in [3.8, 4) is 66.8 Å². The number of benzene rings is 11. The monoisotopic (exact) mass is 857 g/mol. The predicted molar refractivity (Wildman–Crippen MR) is 284 cm³/mol. The second-order valence-corrected chi connectivity index (χ2v) is 17.8. The normalized spacial score (nSPS) is 11.3. The lowest BCUT2D eigenvalue weighted by atomic mass is 9.89. The molecule has 1 aromatic heterocycles. The van der Waals surface area contributed by atoms with Crippen LogP contribution in [0.3, 0.4) is 0 Å². The third-order valence-electron chi connectivity index (χ3n) is 12.9. The highest BCUT2D eigenvalue weighted by atomic mass is 32.1. The minimum absolute atomic E-state index is 1.09. The van der Waals surface area contributed by atoms with Crippen LogP contribution in [0.5, 0.6) is 0 Å². The van der Waals surface area contributed by atoms with E-state index in [0.717, 1.165) is 17.1 Å². The van der Waals surface area contributed by atoms with Crippen LogP contribution in [-0.2, 0) is 0 Å². The van der Waals surface area contributed by atoms with Crippen LogP contribution in [-0.4, -0.2) is 0 Å². The summed E-state index contributed by atoms with van der Waals surface area (Å²) in [5.41, 5.74) is 17.9. The number of nitrogens with zero attached hydrogens (tertiary/aromatic N) is 1. The topological polar surface area (TPSA) is 3.24 Å². The number of thiophene rings is 1. The van der Waals surface area contributed by atoms with Gasteiger partial charge in [0.2, 0.25) is 0 Å². The molecule has 0 saturated carbocycles. The zero-order chi connectivity index (χ0) is 43.8. The molecule has 0 amide bonds. The van der Waals surface area contributed by atoms with E-state index in [0.29, 0.717) is 0 Å². The summed E-state index contributed by atoms with van der Waals surface area (Å²) in [6.07, 6.45) is 0. The van der Waals surface area contributed by atoms with Gasteiger partial charge in [0.25, 0.3) is 0 Å². The van der Waals surface area contributed by atoms with Crippen molar-refractivity contribution in [2.45, 2.75) is 0 Å².